The van der Waals surface area contributed by atoms with Crippen LogP contribution in [0.4, 0.5) is 0 Å². The van der Waals surface area contributed by atoms with Crippen molar-refractivity contribution in [2.75, 3.05) is 39.3 Å². The van der Waals surface area contributed by atoms with E-state index in [2.05, 4.69) is 31.9 Å². The lowest BCUT2D eigenvalue weighted by Gasteiger charge is -2.24. The zero-order valence-corrected chi connectivity index (χ0v) is 28.0. The second kappa shape index (κ2) is 23.7. The summed E-state index contributed by atoms with van der Waals surface area (Å²) in [4.78, 5) is 88.1. The van der Waals surface area contributed by atoms with Gasteiger partial charge in [-0.25, -0.2) is 0 Å². The molecule has 0 aromatic carbocycles. The van der Waals surface area contributed by atoms with Crippen LogP contribution in [-0.4, -0.2) is 98.6 Å². The predicted octanol–water partition coefficient (Wildman–Crippen LogP) is -2.48. The highest BCUT2D eigenvalue weighted by Crippen LogP contribution is 2.24. The molecule has 0 radical (unpaired) electrons. The SMILES string of the molecule is CCNC(=O)C(CCN)NC(=O)CNC(=O)C(CCN)NC(=O)CNC(=O)C(CCN)NC(=O)CC(C)C(=O)C(CC)C(C)CC. The molecule has 0 saturated heterocycles. The molecule has 0 saturated carbocycles. The molecule has 0 aliphatic rings. The Morgan fingerprint density at radius 2 is 0.957 bits per heavy atom. The first-order chi connectivity index (χ1) is 21.8. The van der Waals surface area contributed by atoms with Gasteiger partial charge in [0.05, 0.1) is 13.1 Å². The van der Waals surface area contributed by atoms with Crippen LogP contribution in [0.5, 0.6) is 0 Å². The van der Waals surface area contributed by atoms with Crippen LogP contribution in [0.3, 0.4) is 0 Å². The third-order valence-corrected chi connectivity index (χ3v) is 7.63. The number of nitrogens with one attached hydrogen (secondary N) is 6. The average Bonchev–Trinajstić information content (AvgIpc) is 3.01. The fraction of sp³-hybridized carbons (Fsp3) is 0.767. The van der Waals surface area contributed by atoms with Crippen molar-refractivity contribution in [2.45, 2.75) is 91.3 Å². The van der Waals surface area contributed by atoms with Gasteiger partial charge in [-0.1, -0.05) is 34.1 Å². The zero-order chi connectivity index (χ0) is 35.2. The van der Waals surface area contributed by atoms with Crippen molar-refractivity contribution >= 4 is 41.2 Å². The molecule has 6 amide bonds. The number of hydrogen-bond donors (Lipinski definition) is 9. The number of carbonyl (C=O) groups excluding carboxylic acids is 7. The topological polar surface area (TPSA) is 270 Å². The second-order valence-corrected chi connectivity index (χ2v) is 11.3. The maximum atomic E-state index is 12.9. The van der Waals surface area contributed by atoms with Gasteiger partial charge < -0.3 is 49.1 Å². The third-order valence-electron chi connectivity index (χ3n) is 7.63. The lowest BCUT2D eigenvalue weighted by atomic mass is 9.80. The zero-order valence-electron chi connectivity index (χ0n) is 28.0. The van der Waals surface area contributed by atoms with E-state index in [1.807, 2.05) is 20.8 Å². The molecule has 0 heterocycles. The third kappa shape index (κ3) is 16.1. The summed E-state index contributed by atoms with van der Waals surface area (Å²) in [6, 6.07) is -3.00. The van der Waals surface area contributed by atoms with Crippen LogP contribution in [0.1, 0.15) is 73.1 Å². The first kappa shape index (κ1) is 42.4. The first-order valence-electron chi connectivity index (χ1n) is 16.1. The lowest BCUT2D eigenvalue weighted by molar-refractivity contribution is -0.134. The van der Waals surface area contributed by atoms with Gasteiger partial charge in [-0.05, 0) is 58.2 Å². The fourth-order valence-electron chi connectivity index (χ4n) is 4.84. The minimum atomic E-state index is -1.11. The van der Waals surface area contributed by atoms with Gasteiger partial charge in [0.25, 0.3) is 0 Å². The van der Waals surface area contributed by atoms with Crippen molar-refractivity contribution in [1.82, 2.24) is 31.9 Å². The highest BCUT2D eigenvalue weighted by atomic mass is 16.2. The van der Waals surface area contributed by atoms with Crippen LogP contribution in [0.25, 0.3) is 0 Å². The van der Waals surface area contributed by atoms with Gasteiger partial charge >= 0.3 is 0 Å². The molecule has 0 spiro atoms. The quantitative estimate of drug-likeness (QED) is 0.0528. The number of amides is 6. The van der Waals surface area contributed by atoms with Crippen LogP contribution in [0, 0.1) is 17.8 Å². The van der Waals surface area contributed by atoms with Crippen molar-refractivity contribution < 1.29 is 33.6 Å². The summed E-state index contributed by atoms with van der Waals surface area (Å²) in [6.07, 6.45) is 1.78. The van der Waals surface area contributed by atoms with Crippen molar-refractivity contribution in [3.05, 3.63) is 0 Å². The molecule has 6 unspecified atom stereocenters. The summed E-state index contributed by atoms with van der Waals surface area (Å²) in [5.41, 5.74) is 16.7. The van der Waals surface area contributed by atoms with E-state index in [0.29, 0.717) is 13.0 Å². The number of rotatable bonds is 24. The Balaban J connectivity index is 5.05. The Hall–Kier alpha value is -3.63. The standard InChI is InChI=1S/C30H57N9O7/c1-6-18(4)20(7-2)27(43)19(5)15-24(40)37-22(10-13-32)29(45)35-17-26(42)39-23(11-14-33)30(46)36-16-25(41)38-21(9-12-31)28(44)34-8-3/h18-23H,6-17,31-33H2,1-5H3,(H,34,44)(H,35,45)(H,36,46)(H,37,40)(H,38,41)(H,39,42). The van der Waals surface area contributed by atoms with Crippen molar-refractivity contribution in [1.29, 1.82) is 0 Å². The Bertz CT molecular complexity index is 1010. The summed E-state index contributed by atoms with van der Waals surface area (Å²) in [5, 5.41) is 15.0. The number of carbonyl (C=O) groups is 7. The number of likely N-dealkylation sites (N-methyl/N-ethyl adjacent to an activating group) is 1. The molecule has 0 aliphatic heterocycles. The van der Waals surface area contributed by atoms with E-state index in [-0.39, 0.29) is 62.9 Å². The highest BCUT2D eigenvalue weighted by molar-refractivity contribution is 5.95. The molecule has 0 bridgehead atoms. The Labute approximate surface area is 272 Å². The van der Waals surface area contributed by atoms with Gasteiger partial charge in [0.2, 0.25) is 35.4 Å². The summed E-state index contributed by atoms with van der Waals surface area (Å²) < 4.78 is 0. The summed E-state index contributed by atoms with van der Waals surface area (Å²) in [6.45, 7) is 9.06. The molecular formula is C30H57N9O7. The summed E-state index contributed by atoms with van der Waals surface area (Å²) in [7, 11) is 0. The molecule has 0 aromatic heterocycles. The van der Waals surface area contributed by atoms with E-state index in [1.165, 1.54) is 0 Å². The van der Waals surface area contributed by atoms with E-state index in [4.69, 9.17) is 17.2 Å². The number of hydrogen-bond acceptors (Lipinski definition) is 10. The lowest BCUT2D eigenvalue weighted by Crippen LogP contribution is -2.54. The maximum absolute atomic E-state index is 12.9. The smallest absolute Gasteiger partial charge is 0.243 e. The Kier molecular flexibility index (Phi) is 21.8. The maximum Gasteiger partial charge on any atom is 0.243 e. The predicted molar refractivity (Wildman–Crippen MR) is 174 cm³/mol. The fourth-order valence-corrected chi connectivity index (χ4v) is 4.84. The molecule has 12 N–H and O–H groups in total. The van der Waals surface area contributed by atoms with Crippen LogP contribution in [0.2, 0.25) is 0 Å². The van der Waals surface area contributed by atoms with Crippen LogP contribution in [-0.2, 0) is 33.6 Å². The molecule has 0 aliphatic carbocycles. The average molecular weight is 656 g/mol. The van der Waals surface area contributed by atoms with Gasteiger partial charge in [-0.15, -0.1) is 0 Å². The van der Waals surface area contributed by atoms with Crippen LogP contribution in [0.15, 0.2) is 0 Å². The molecule has 16 nitrogen and oxygen atoms in total. The first-order valence-corrected chi connectivity index (χ1v) is 16.1. The van der Waals surface area contributed by atoms with E-state index in [9.17, 15) is 33.6 Å². The van der Waals surface area contributed by atoms with Gasteiger partial charge in [0, 0.05) is 24.8 Å². The van der Waals surface area contributed by atoms with Gasteiger partial charge in [0.1, 0.15) is 23.9 Å². The molecular weight excluding hydrogens is 598 g/mol. The van der Waals surface area contributed by atoms with E-state index >= 15 is 0 Å². The second-order valence-electron chi connectivity index (χ2n) is 11.3. The minimum Gasteiger partial charge on any atom is -0.355 e. The van der Waals surface area contributed by atoms with E-state index < -0.39 is 72.6 Å². The van der Waals surface area contributed by atoms with E-state index in [0.717, 1.165) is 6.42 Å². The van der Waals surface area contributed by atoms with Gasteiger partial charge in [-0.2, -0.15) is 0 Å². The Morgan fingerprint density at radius 1 is 0.565 bits per heavy atom. The molecule has 0 fully saturated rings. The minimum absolute atomic E-state index is 0.00959. The Morgan fingerprint density at radius 3 is 1.30 bits per heavy atom. The van der Waals surface area contributed by atoms with Crippen molar-refractivity contribution in [2.24, 2.45) is 35.0 Å². The molecule has 16 heteroatoms. The van der Waals surface area contributed by atoms with Crippen LogP contribution < -0.4 is 49.1 Å². The summed E-state index contributed by atoms with van der Waals surface area (Å²) >= 11 is 0. The molecule has 0 rings (SSSR count). The largest absolute Gasteiger partial charge is 0.355 e. The van der Waals surface area contributed by atoms with Gasteiger partial charge in [0.15, 0.2) is 0 Å². The van der Waals surface area contributed by atoms with E-state index in [1.54, 1.807) is 13.8 Å². The summed E-state index contributed by atoms with van der Waals surface area (Å²) in [5.74, 6) is -4.05. The normalized spacial score (nSPS) is 14.8. The molecule has 264 valence electrons. The number of nitrogens with two attached hydrogens (primary N) is 3. The monoisotopic (exact) mass is 655 g/mol. The molecule has 6 atom stereocenters. The van der Waals surface area contributed by atoms with Crippen LogP contribution >= 0.6 is 0 Å². The highest BCUT2D eigenvalue weighted by Gasteiger charge is 2.29. The molecule has 0 aromatic rings. The van der Waals surface area contributed by atoms with Gasteiger partial charge in [-0.3, -0.25) is 33.6 Å². The molecule has 46 heavy (non-hydrogen) atoms. The van der Waals surface area contributed by atoms with Crippen molar-refractivity contribution in [3.63, 3.8) is 0 Å². The van der Waals surface area contributed by atoms with Crippen molar-refractivity contribution in [3.8, 4) is 0 Å². The number of Topliss-reactive ketones (excluding diaryl/α,β-unsaturated/α-hetero) is 1. The number of ketones is 1.